The molecule has 20 heteroatoms. The van der Waals surface area contributed by atoms with Gasteiger partial charge < -0.3 is 36.8 Å². The molecular formula is C42H50ClF4N5O10. The molecule has 3 unspecified atom stereocenters. The summed E-state index contributed by atoms with van der Waals surface area (Å²) >= 11 is 5.99. The Hall–Kier alpha value is -5.43. The van der Waals surface area contributed by atoms with Crippen LogP contribution in [0.2, 0.25) is 5.02 Å². The van der Waals surface area contributed by atoms with Gasteiger partial charge in [-0.2, -0.15) is 0 Å². The van der Waals surface area contributed by atoms with Crippen molar-refractivity contribution in [2.75, 3.05) is 6.54 Å². The van der Waals surface area contributed by atoms with Crippen molar-refractivity contribution in [1.82, 2.24) is 21.3 Å². The fourth-order valence-electron chi connectivity index (χ4n) is 8.03. The summed E-state index contributed by atoms with van der Waals surface area (Å²) in [5.41, 5.74) is 1.48. The van der Waals surface area contributed by atoms with E-state index in [-0.39, 0.29) is 36.3 Å². The van der Waals surface area contributed by atoms with Gasteiger partial charge in [0.2, 0.25) is 23.5 Å². The van der Waals surface area contributed by atoms with Gasteiger partial charge in [-0.3, -0.25) is 33.6 Å². The molecule has 4 rings (SSSR count). The second-order valence-electron chi connectivity index (χ2n) is 16.5. The van der Waals surface area contributed by atoms with Crippen molar-refractivity contribution < 1.29 is 65.8 Å². The molecule has 0 saturated heterocycles. The highest BCUT2D eigenvalue weighted by atomic mass is 35.5. The smallest absolute Gasteiger partial charge is 0.339 e. The predicted molar refractivity (Wildman–Crippen MR) is 213 cm³/mol. The molecule has 0 aromatic heterocycles. The molecule has 5 amide bonds. The Kier molecular flexibility index (Phi) is 16.7. The average Bonchev–Trinajstić information content (AvgIpc) is 3.63. The minimum atomic E-state index is -2.45. The van der Waals surface area contributed by atoms with Gasteiger partial charge in [0.15, 0.2) is 29.1 Å². The fourth-order valence-corrected chi connectivity index (χ4v) is 8.23. The third-order valence-corrected chi connectivity index (χ3v) is 11.0. The SMILES string of the molecule is CCCC(NC(=O)[C@@H]1C[C@@H](OC(C)(C)C)CC1C(=O)[C@@H](NC(=O)c1c(F)c(F)c(F)c(F)c1C(=O)O)C1CCCCC1)C(=O)C(=O)NCC(=O)NC(C(N)=O)c1cccc(Cl)c1. The number of carboxylic acid groups (broad SMARTS) is 1. The molecule has 6 atom stereocenters. The summed E-state index contributed by atoms with van der Waals surface area (Å²) in [6, 6.07) is 1.63. The van der Waals surface area contributed by atoms with E-state index in [1.807, 2.05) is 0 Å². The van der Waals surface area contributed by atoms with Crippen LogP contribution in [0.4, 0.5) is 17.6 Å². The molecule has 0 heterocycles. The van der Waals surface area contributed by atoms with E-state index >= 15 is 4.39 Å². The minimum absolute atomic E-state index is 0.0566. The first-order valence-corrected chi connectivity index (χ1v) is 20.5. The number of nitrogens with two attached hydrogens (primary N) is 1. The van der Waals surface area contributed by atoms with Crippen molar-refractivity contribution in [2.45, 2.75) is 115 Å². The van der Waals surface area contributed by atoms with Gasteiger partial charge in [0.25, 0.3) is 11.8 Å². The highest BCUT2D eigenvalue weighted by molar-refractivity contribution is 6.38. The highest BCUT2D eigenvalue weighted by Crippen LogP contribution is 2.40. The molecule has 15 nitrogen and oxygen atoms in total. The molecule has 0 aliphatic heterocycles. The average molecular weight is 896 g/mol. The van der Waals surface area contributed by atoms with Crippen molar-refractivity contribution in [1.29, 1.82) is 0 Å². The van der Waals surface area contributed by atoms with E-state index in [1.165, 1.54) is 24.3 Å². The van der Waals surface area contributed by atoms with Crippen LogP contribution in [0.25, 0.3) is 0 Å². The predicted octanol–water partition coefficient (Wildman–Crippen LogP) is 4.37. The summed E-state index contributed by atoms with van der Waals surface area (Å²) in [5.74, 6) is -22.5. The van der Waals surface area contributed by atoms with Crippen LogP contribution in [0.1, 0.15) is 118 Å². The molecule has 2 aliphatic rings. The zero-order valence-corrected chi connectivity index (χ0v) is 35.3. The number of ketones is 2. The van der Waals surface area contributed by atoms with Crippen molar-refractivity contribution in [3.63, 3.8) is 0 Å². The third-order valence-electron chi connectivity index (χ3n) is 10.8. The number of ether oxygens (including phenoxy) is 1. The number of nitrogens with one attached hydrogen (secondary N) is 4. The number of amides is 5. The number of hydrogen-bond donors (Lipinski definition) is 6. The molecule has 2 saturated carbocycles. The quantitative estimate of drug-likeness (QED) is 0.0535. The van der Waals surface area contributed by atoms with Crippen LogP contribution >= 0.6 is 11.6 Å². The number of carbonyl (C=O) groups excluding carboxylic acids is 7. The molecular weight excluding hydrogens is 846 g/mol. The third kappa shape index (κ3) is 12.1. The number of carbonyl (C=O) groups is 8. The largest absolute Gasteiger partial charge is 0.478 e. The number of primary amides is 1. The van der Waals surface area contributed by atoms with Gasteiger partial charge in [0, 0.05) is 10.9 Å². The topological polar surface area (TPSA) is 240 Å². The van der Waals surface area contributed by atoms with E-state index in [9.17, 15) is 56.6 Å². The summed E-state index contributed by atoms with van der Waals surface area (Å²) in [4.78, 5) is 106. The first-order chi connectivity index (χ1) is 29.1. The number of carboxylic acids is 1. The van der Waals surface area contributed by atoms with Crippen molar-refractivity contribution in [3.05, 3.63) is 69.2 Å². The Morgan fingerprint density at radius 1 is 0.871 bits per heavy atom. The lowest BCUT2D eigenvalue weighted by molar-refractivity contribution is -0.141. The van der Waals surface area contributed by atoms with Gasteiger partial charge in [-0.1, -0.05) is 56.3 Å². The first kappa shape index (κ1) is 49.2. The van der Waals surface area contributed by atoms with Crippen LogP contribution in [0, 0.1) is 41.0 Å². The van der Waals surface area contributed by atoms with Crippen molar-refractivity contribution >= 4 is 58.7 Å². The van der Waals surface area contributed by atoms with E-state index in [0.29, 0.717) is 25.7 Å². The van der Waals surface area contributed by atoms with Crippen LogP contribution < -0.4 is 27.0 Å². The van der Waals surface area contributed by atoms with Gasteiger partial charge in [0.1, 0.15) is 11.6 Å². The van der Waals surface area contributed by atoms with Gasteiger partial charge in [-0.05, 0) is 76.5 Å². The van der Waals surface area contributed by atoms with Crippen LogP contribution in [0.15, 0.2) is 24.3 Å². The van der Waals surface area contributed by atoms with E-state index in [4.69, 9.17) is 22.1 Å². The molecule has 2 aliphatic carbocycles. The Labute approximate surface area is 359 Å². The van der Waals surface area contributed by atoms with Crippen molar-refractivity contribution in [3.8, 4) is 0 Å². The molecule has 62 heavy (non-hydrogen) atoms. The van der Waals surface area contributed by atoms with Gasteiger partial charge in [-0.15, -0.1) is 0 Å². The van der Waals surface area contributed by atoms with E-state index in [1.54, 1.807) is 27.7 Å². The monoisotopic (exact) mass is 895 g/mol. The Morgan fingerprint density at radius 2 is 1.48 bits per heavy atom. The molecule has 0 radical (unpaired) electrons. The van der Waals surface area contributed by atoms with E-state index < -0.39 is 136 Å². The number of aromatic carboxylic acids is 1. The van der Waals surface area contributed by atoms with Crippen molar-refractivity contribution in [2.24, 2.45) is 23.5 Å². The maximum absolute atomic E-state index is 15.1. The minimum Gasteiger partial charge on any atom is -0.478 e. The standard InChI is InChI=1S/C42H50ClF4N5O10/c1-5-10-25(36(55)40(59)49-18-26(53)51-34(37(48)56)20-13-9-14-21(43)15-20)50-38(57)24-17-22(62-42(2,3)4)16-23(24)35(54)33(19-11-7-6-8-12-19)52-39(58)27-28(41(60)61)30(45)32(47)31(46)29(27)44/h9,13-15,19,22-25,33-34H,5-8,10-12,16-18H2,1-4H3,(H2,48,56)(H,49,59)(H,50,57)(H,51,53)(H,52,58)(H,60,61)/t22-,23?,24+,25?,33-,34?/m0/s1. The second kappa shape index (κ2) is 21.1. The summed E-state index contributed by atoms with van der Waals surface area (Å²) in [6.07, 6.45) is 1.92. The summed E-state index contributed by atoms with van der Waals surface area (Å²) in [6.45, 7) is 6.10. The summed E-state index contributed by atoms with van der Waals surface area (Å²) < 4.78 is 64.3. The molecule has 0 bridgehead atoms. The van der Waals surface area contributed by atoms with Gasteiger partial charge >= 0.3 is 5.97 Å². The van der Waals surface area contributed by atoms with E-state index in [0.717, 1.165) is 6.42 Å². The summed E-state index contributed by atoms with van der Waals surface area (Å²) in [5, 5.41) is 19.2. The van der Waals surface area contributed by atoms with Gasteiger partial charge in [-0.25, -0.2) is 22.4 Å². The van der Waals surface area contributed by atoms with E-state index in [2.05, 4.69) is 21.3 Å². The lowest BCUT2D eigenvalue weighted by atomic mass is 9.77. The Balaban J connectivity index is 1.58. The number of Topliss-reactive ketones (excluding diaryl/α,β-unsaturated/α-hetero) is 2. The van der Waals surface area contributed by atoms with Crippen LogP contribution in [0.5, 0.6) is 0 Å². The van der Waals surface area contributed by atoms with Crippen LogP contribution in [-0.2, 0) is 33.5 Å². The lowest BCUT2D eigenvalue weighted by Crippen LogP contribution is -2.53. The van der Waals surface area contributed by atoms with Crippen LogP contribution in [0.3, 0.4) is 0 Å². The summed E-state index contributed by atoms with van der Waals surface area (Å²) in [7, 11) is 0. The Morgan fingerprint density at radius 3 is 2.05 bits per heavy atom. The van der Waals surface area contributed by atoms with Crippen LogP contribution in [-0.4, -0.2) is 82.5 Å². The molecule has 2 aromatic carbocycles. The Bertz CT molecular complexity index is 2090. The zero-order valence-electron chi connectivity index (χ0n) is 34.5. The maximum atomic E-state index is 15.1. The normalized spacial score (nSPS) is 19.4. The lowest BCUT2D eigenvalue weighted by Gasteiger charge is -2.33. The molecule has 0 spiro atoms. The number of hydrogen-bond acceptors (Lipinski definition) is 9. The molecule has 7 N–H and O–H groups in total. The highest BCUT2D eigenvalue weighted by Gasteiger charge is 2.48. The zero-order chi connectivity index (χ0) is 46.2. The number of rotatable bonds is 18. The fraction of sp³-hybridized carbons (Fsp3) is 0.524. The second-order valence-corrected chi connectivity index (χ2v) is 16.9. The van der Waals surface area contributed by atoms with Gasteiger partial charge in [0.05, 0.1) is 41.8 Å². The number of benzene rings is 2. The number of halogens is 5. The molecule has 2 fully saturated rings. The maximum Gasteiger partial charge on any atom is 0.339 e. The molecule has 338 valence electrons. The first-order valence-electron chi connectivity index (χ1n) is 20.1. The molecule has 2 aromatic rings.